The molecule has 0 spiro atoms. The molecule has 2 atom stereocenters. The lowest BCUT2D eigenvalue weighted by Crippen LogP contribution is -2.39. The lowest BCUT2D eigenvalue weighted by Gasteiger charge is -2.21. The maximum Gasteiger partial charge on any atom is 0.263 e. The molecule has 2 aliphatic heterocycles. The van der Waals surface area contributed by atoms with Crippen LogP contribution in [0, 0.1) is 5.82 Å². The standard InChI is InChI=1S/C17H13FN4O3/c1-25-13-4-2-3-12(9-13)22-15-14(19-20-22)16(23)21(17(15)24)11-7-5-10(18)6-8-11/h2-9,14-15H,1H3/t14-,15-/m0/s1. The van der Waals surface area contributed by atoms with Gasteiger partial charge in [0.1, 0.15) is 11.6 Å². The third kappa shape index (κ3) is 2.34. The van der Waals surface area contributed by atoms with E-state index < -0.39 is 29.7 Å². The number of carbonyl (C=O) groups is 2. The van der Waals surface area contributed by atoms with Crippen LogP contribution in [0.1, 0.15) is 0 Å². The molecule has 0 bridgehead atoms. The molecule has 1 saturated heterocycles. The molecule has 1 fully saturated rings. The van der Waals surface area contributed by atoms with Gasteiger partial charge in [-0.25, -0.2) is 14.3 Å². The predicted molar refractivity (Wildman–Crippen MR) is 86.8 cm³/mol. The molecule has 0 N–H and O–H groups in total. The number of halogens is 1. The number of methoxy groups -OCH3 is 1. The van der Waals surface area contributed by atoms with Crippen molar-refractivity contribution in [2.75, 3.05) is 17.0 Å². The molecule has 8 heteroatoms. The molecule has 2 aromatic carbocycles. The van der Waals surface area contributed by atoms with Crippen LogP contribution in [0.3, 0.4) is 0 Å². The molecule has 0 aliphatic carbocycles. The highest BCUT2D eigenvalue weighted by molar-refractivity contribution is 6.26. The van der Waals surface area contributed by atoms with Crippen LogP contribution in [0.5, 0.6) is 5.75 Å². The van der Waals surface area contributed by atoms with Crippen LogP contribution in [-0.4, -0.2) is 31.0 Å². The van der Waals surface area contributed by atoms with E-state index in [9.17, 15) is 14.0 Å². The van der Waals surface area contributed by atoms with Crippen LogP contribution in [0.25, 0.3) is 0 Å². The van der Waals surface area contributed by atoms with Gasteiger partial charge < -0.3 is 4.74 Å². The minimum atomic E-state index is -0.913. The van der Waals surface area contributed by atoms with Gasteiger partial charge in [-0.05, 0) is 36.4 Å². The molecule has 2 aliphatic rings. The zero-order valence-electron chi connectivity index (χ0n) is 13.2. The zero-order chi connectivity index (χ0) is 17.6. The van der Waals surface area contributed by atoms with Crippen molar-refractivity contribution >= 4 is 23.2 Å². The lowest BCUT2D eigenvalue weighted by molar-refractivity contribution is -0.121. The van der Waals surface area contributed by atoms with Crippen molar-refractivity contribution in [3.8, 4) is 5.75 Å². The number of ether oxygens (including phenoxy) is 1. The Kier molecular flexibility index (Phi) is 3.45. The molecule has 0 saturated carbocycles. The molecular formula is C17H13FN4O3. The Balaban J connectivity index is 1.69. The summed E-state index contributed by atoms with van der Waals surface area (Å²) in [6.45, 7) is 0. The molecule has 126 valence electrons. The quantitative estimate of drug-likeness (QED) is 0.804. The molecule has 0 aromatic heterocycles. The number of amides is 2. The fraction of sp³-hybridized carbons (Fsp3) is 0.176. The van der Waals surface area contributed by atoms with Gasteiger partial charge in [-0.3, -0.25) is 9.59 Å². The molecule has 2 aromatic rings. The van der Waals surface area contributed by atoms with Gasteiger partial charge in [-0.15, -0.1) is 0 Å². The van der Waals surface area contributed by atoms with Crippen molar-refractivity contribution in [3.63, 3.8) is 0 Å². The average Bonchev–Trinajstić information content (AvgIpc) is 3.17. The number of fused-ring (bicyclic) bond motifs is 1. The van der Waals surface area contributed by atoms with Gasteiger partial charge in [-0.2, -0.15) is 5.11 Å². The van der Waals surface area contributed by atoms with E-state index in [1.165, 1.54) is 36.4 Å². The molecule has 4 rings (SSSR count). The van der Waals surface area contributed by atoms with Crippen molar-refractivity contribution in [3.05, 3.63) is 54.3 Å². The second kappa shape index (κ2) is 5.66. The second-order valence-corrected chi connectivity index (χ2v) is 5.63. The van der Waals surface area contributed by atoms with Crippen molar-refractivity contribution in [1.82, 2.24) is 0 Å². The van der Waals surface area contributed by atoms with E-state index in [0.717, 1.165) is 4.90 Å². The van der Waals surface area contributed by atoms with Crippen molar-refractivity contribution in [2.45, 2.75) is 12.1 Å². The van der Waals surface area contributed by atoms with Crippen molar-refractivity contribution < 1.29 is 18.7 Å². The van der Waals surface area contributed by atoms with Crippen LogP contribution in [0.15, 0.2) is 58.9 Å². The fourth-order valence-electron chi connectivity index (χ4n) is 2.97. The summed E-state index contributed by atoms with van der Waals surface area (Å²) >= 11 is 0. The van der Waals surface area contributed by atoms with E-state index in [-0.39, 0.29) is 0 Å². The molecule has 0 unspecified atom stereocenters. The van der Waals surface area contributed by atoms with Gasteiger partial charge in [0, 0.05) is 6.07 Å². The normalized spacial score (nSPS) is 21.8. The maximum absolute atomic E-state index is 13.1. The van der Waals surface area contributed by atoms with Crippen LogP contribution < -0.4 is 14.6 Å². The van der Waals surface area contributed by atoms with E-state index in [0.29, 0.717) is 17.1 Å². The molecular weight excluding hydrogens is 327 g/mol. The van der Waals surface area contributed by atoms with Gasteiger partial charge in [0.25, 0.3) is 11.8 Å². The fourth-order valence-corrected chi connectivity index (χ4v) is 2.97. The monoisotopic (exact) mass is 340 g/mol. The first-order chi connectivity index (χ1) is 12.1. The molecule has 0 radical (unpaired) electrons. The summed E-state index contributed by atoms with van der Waals surface area (Å²) in [5.41, 5.74) is 0.907. The smallest absolute Gasteiger partial charge is 0.263 e. The van der Waals surface area contributed by atoms with Gasteiger partial charge in [0.05, 0.1) is 18.5 Å². The number of hydrogen-bond donors (Lipinski definition) is 0. The van der Waals surface area contributed by atoms with Crippen molar-refractivity contribution in [2.24, 2.45) is 10.3 Å². The Morgan fingerprint density at radius 1 is 1.04 bits per heavy atom. The number of hydrogen-bond acceptors (Lipinski definition) is 6. The van der Waals surface area contributed by atoms with Crippen LogP contribution >= 0.6 is 0 Å². The Hall–Kier alpha value is -3.29. The number of anilines is 2. The van der Waals surface area contributed by atoms with E-state index in [2.05, 4.69) is 10.3 Å². The zero-order valence-corrected chi connectivity index (χ0v) is 13.2. The maximum atomic E-state index is 13.1. The highest BCUT2D eigenvalue weighted by Crippen LogP contribution is 2.35. The summed E-state index contributed by atoms with van der Waals surface area (Å²) in [5, 5.41) is 9.36. The SMILES string of the molecule is COc1cccc(N2N=N[C@@H]3C(=O)N(c4ccc(F)cc4)C(=O)[C@H]32)c1. The minimum absolute atomic E-state index is 0.312. The first-order valence-electron chi connectivity index (χ1n) is 7.57. The Morgan fingerprint density at radius 3 is 2.52 bits per heavy atom. The van der Waals surface area contributed by atoms with Gasteiger partial charge >= 0.3 is 0 Å². The Bertz CT molecular complexity index is 884. The number of benzene rings is 2. The highest BCUT2D eigenvalue weighted by atomic mass is 19.1. The first-order valence-corrected chi connectivity index (χ1v) is 7.57. The molecule has 7 nitrogen and oxygen atoms in total. The van der Waals surface area contributed by atoms with Crippen LogP contribution in [0.4, 0.5) is 15.8 Å². The largest absolute Gasteiger partial charge is 0.497 e. The first kappa shape index (κ1) is 15.3. The van der Waals surface area contributed by atoms with E-state index in [1.807, 2.05) is 0 Å². The highest BCUT2D eigenvalue weighted by Gasteiger charge is 2.55. The van der Waals surface area contributed by atoms with Gasteiger partial charge in [0.2, 0.25) is 0 Å². The van der Waals surface area contributed by atoms with Gasteiger partial charge in [-0.1, -0.05) is 11.3 Å². The number of nitrogens with zero attached hydrogens (tertiary/aromatic N) is 4. The minimum Gasteiger partial charge on any atom is -0.497 e. The van der Waals surface area contributed by atoms with E-state index >= 15 is 0 Å². The lowest BCUT2D eigenvalue weighted by atomic mass is 10.1. The van der Waals surface area contributed by atoms with Crippen LogP contribution in [-0.2, 0) is 9.59 Å². The molecule has 2 amide bonds. The average molecular weight is 340 g/mol. The topological polar surface area (TPSA) is 74.6 Å². The van der Waals surface area contributed by atoms with Gasteiger partial charge in [0.15, 0.2) is 12.1 Å². The number of carbonyl (C=O) groups excluding carboxylic acids is 2. The second-order valence-electron chi connectivity index (χ2n) is 5.63. The molecule has 2 heterocycles. The van der Waals surface area contributed by atoms with Crippen LogP contribution in [0.2, 0.25) is 0 Å². The number of rotatable bonds is 3. The predicted octanol–water partition coefficient (Wildman–Crippen LogP) is 2.33. The number of imide groups is 1. The Morgan fingerprint density at radius 2 is 1.80 bits per heavy atom. The summed E-state index contributed by atoms with van der Waals surface area (Å²) < 4.78 is 18.3. The third-order valence-electron chi connectivity index (χ3n) is 4.18. The Labute approximate surface area is 142 Å². The summed E-state index contributed by atoms with van der Waals surface area (Å²) in [7, 11) is 1.54. The third-order valence-corrected chi connectivity index (χ3v) is 4.18. The summed E-state index contributed by atoms with van der Waals surface area (Å²) in [5.74, 6) is -0.769. The van der Waals surface area contributed by atoms with Crippen molar-refractivity contribution in [1.29, 1.82) is 0 Å². The van der Waals surface area contributed by atoms with E-state index in [4.69, 9.17) is 4.74 Å². The summed E-state index contributed by atoms with van der Waals surface area (Å²) in [6.07, 6.45) is 0. The summed E-state index contributed by atoms with van der Waals surface area (Å²) in [4.78, 5) is 26.5. The molecule has 25 heavy (non-hydrogen) atoms. The summed E-state index contributed by atoms with van der Waals surface area (Å²) in [6, 6.07) is 10.4. The van der Waals surface area contributed by atoms with E-state index in [1.54, 1.807) is 24.3 Å².